The van der Waals surface area contributed by atoms with Gasteiger partial charge in [-0.2, -0.15) is 0 Å². The van der Waals surface area contributed by atoms with Gasteiger partial charge in [0.1, 0.15) is 11.5 Å². The number of rotatable bonds is 4. The number of allylic oxidation sites excluding steroid dienone is 2. The molecule has 0 heterocycles. The number of fused-ring (bicyclic) bond motifs is 1. The van der Waals surface area contributed by atoms with E-state index in [1.54, 1.807) is 74.9 Å². The van der Waals surface area contributed by atoms with Gasteiger partial charge in [0, 0.05) is 27.8 Å². The molecule has 0 N–H and O–H groups in total. The normalized spacial score (nSPS) is 13.4. The van der Waals surface area contributed by atoms with Crippen LogP contribution in [-0.2, 0) is 0 Å². The summed E-state index contributed by atoms with van der Waals surface area (Å²) >= 11 is 0. The van der Waals surface area contributed by atoms with Gasteiger partial charge in [0.2, 0.25) is 0 Å². The monoisotopic (exact) mass is 370 g/mol. The van der Waals surface area contributed by atoms with Gasteiger partial charge in [-0.1, -0.05) is 54.6 Å². The zero-order chi connectivity index (χ0) is 19.7. The highest BCUT2D eigenvalue weighted by Crippen LogP contribution is 2.40. The highest BCUT2D eigenvalue weighted by Gasteiger charge is 2.34. The average molecular weight is 370 g/mol. The quantitative estimate of drug-likeness (QED) is 0.668. The van der Waals surface area contributed by atoms with Gasteiger partial charge in [-0.3, -0.25) is 9.59 Å². The second-order valence-electron chi connectivity index (χ2n) is 6.38. The smallest absolute Gasteiger partial charge is 0.195 e. The predicted molar refractivity (Wildman–Crippen MR) is 108 cm³/mol. The number of methoxy groups -OCH3 is 2. The Morgan fingerprint density at radius 3 is 1.68 bits per heavy atom. The number of Topliss-reactive ketones (excluding diaryl/α,β-unsaturated/α-hetero) is 2. The summed E-state index contributed by atoms with van der Waals surface area (Å²) in [6.07, 6.45) is 0. The molecule has 4 nitrogen and oxygen atoms in total. The standard InChI is InChI=1S/C24H18O4/c1-27-16-13-11-15(12-14-16)21-22(19-9-5-6-10-20(19)28-2)24(26)18-8-4-3-7-17(18)23(21)25/h3-14H,1-2H3. The lowest BCUT2D eigenvalue weighted by atomic mass is 9.78. The van der Waals surface area contributed by atoms with Gasteiger partial charge in [-0.15, -0.1) is 0 Å². The Kier molecular flexibility index (Phi) is 4.53. The summed E-state index contributed by atoms with van der Waals surface area (Å²) in [5.41, 5.74) is 2.81. The van der Waals surface area contributed by atoms with Crippen molar-refractivity contribution in [3.8, 4) is 11.5 Å². The van der Waals surface area contributed by atoms with Crippen molar-refractivity contribution >= 4 is 22.7 Å². The zero-order valence-corrected chi connectivity index (χ0v) is 15.6. The third kappa shape index (κ3) is 2.79. The molecule has 1 aliphatic carbocycles. The van der Waals surface area contributed by atoms with E-state index in [0.717, 1.165) is 0 Å². The molecule has 0 atom stereocenters. The summed E-state index contributed by atoms with van der Waals surface area (Å²) in [4.78, 5) is 26.9. The molecule has 138 valence electrons. The Balaban J connectivity index is 2.04. The molecular weight excluding hydrogens is 352 g/mol. The molecule has 4 heteroatoms. The second kappa shape index (κ2) is 7.16. The average Bonchev–Trinajstić information content (AvgIpc) is 2.76. The van der Waals surface area contributed by atoms with Crippen molar-refractivity contribution in [1.82, 2.24) is 0 Å². The van der Waals surface area contributed by atoms with Crippen LogP contribution >= 0.6 is 0 Å². The number of hydrogen-bond acceptors (Lipinski definition) is 4. The van der Waals surface area contributed by atoms with Gasteiger partial charge >= 0.3 is 0 Å². The summed E-state index contributed by atoms with van der Waals surface area (Å²) in [5, 5.41) is 0. The van der Waals surface area contributed by atoms with Gasteiger partial charge < -0.3 is 9.47 Å². The third-order valence-electron chi connectivity index (χ3n) is 4.88. The number of carbonyl (C=O) groups excluding carboxylic acids is 2. The lowest BCUT2D eigenvalue weighted by molar-refractivity contribution is 0.101. The Morgan fingerprint density at radius 1 is 0.571 bits per heavy atom. The van der Waals surface area contributed by atoms with Crippen LogP contribution in [0.15, 0.2) is 72.8 Å². The molecule has 3 aromatic rings. The number of hydrogen-bond donors (Lipinski definition) is 0. The highest BCUT2D eigenvalue weighted by molar-refractivity contribution is 6.52. The molecule has 0 aliphatic heterocycles. The van der Waals surface area contributed by atoms with Crippen LogP contribution in [0.25, 0.3) is 11.1 Å². The van der Waals surface area contributed by atoms with Crippen molar-refractivity contribution in [3.05, 3.63) is 95.1 Å². The van der Waals surface area contributed by atoms with Crippen molar-refractivity contribution in [1.29, 1.82) is 0 Å². The van der Waals surface area contributed by atoms with E-state index in [1.807, 2.05) is 12.1 Å². The van der Waals surface area contributed by atoms with E-state index in [4.69, 9.17) is 9.47 Å². The molecule has 0 unspecified atom stereocenters. The molecular formula is C24H18O4. The minimum Gasteiger partial charge on any atom is -0.497 e. The zero-order valence-electron chi connectivity index (χ0n) is 15.6. The van der Waals surface area contributed by atoms with E-state index in [1.165, 1.54) is 0 Å². The van der Waals surface area contributed by atoms with Crippen molar-refractivity contribution < 1.29 is 19.1 Å². The molecule has 28 heavy (non-hydrogen) atoms. The minimum absolute atomic E-state index is 0.179. The summed E-state index contributed by atoms with van der Waals surface area (Å²) in [6.45, 7) is 0. The summed E-state index contributed by atoms with van der Waals surface area (Å²) < 4.78 is 10.7. The Hall–Kier alpha value is -3.66. The van der Waals surface area contributed by atoms with Crippen LogP contribution in [0.2, 0.25) is 0 Å². The number of ketones is 2. The maximum absolute atomic E-state index is 13.4. The summed E-state index contributed by atoms with van der Waals surface area (Å²) in [7, 11) is 3.13. The second-order valence-corrected chi connectivity index (χ2v) is 6.38. The van der Waals surface area contributed by atoms with Crippen LogP contribution in [0, 0.1) is 0 Å². The van der Waals surface area contributed by atoms with Gasteiger partial charge in [0.05, 0.1) is 14.2 Å². The first-order valence-corrected chi connectivity index (χ1v) is 8.86. The fraction of sp³-hybridized carbons (Fsp3) is 0.0833. The van der Waals surface area contributed by atoms with Gasteiger partial charge in [0.25, 0.3) is 0 Å². The van der Waals surface area contributed by atoms with Gasteiger partial charge in [-0.05, 0) is 23.8 Å². The number of ether oxygens (including phenoxy) is 2. The van der Waals surface area contributed by atoms with Crippen molar-refractivity contribution in [2.45, 2.75) is 0 Å². The molecule has 0 radical (unpaired) electrons. The molecule has 0 aromatic heterocycles. The molecule has 1 aliphatic rings. The molecule has 0 saturated carbocycles. The van der Waals surface area contributed by atoms with Crippen molar-refractivity contribution in [2.24, 2.45) is 0 Å². The maximum atomic E-state index is 13.4. The van der Waals surface area contributed by atoms with Gasteiger partial charge in [-0.25, -0.2) is 0 Å². The lowest BCUT2D eigenvalue weighted by Crippen LogP contribution is -2.21. The van der Waals surface area contributed by atoms with E-state index in [9.17, 15) is 9.59 Å². The van der Waals surface area contributed by atoms with Crippen LogP contribution in [0.4, 0.5) is 0 Å². The minimum atomic E-state index is -0.189. The fourth-order valence-corrected chi connectivity index (χ4v) is 3.52. The Labute approximate surface area is 163 Å². The first-order valence-electron chi connectivity index (χ1n) is 8.86. The Bertz CT molecular complexity index is 1110. The van der Waals surface area contributed by atoms with Crippen LogP contribution < -0.4 is 9.47 Å². The topological polar surface area (TPSA) is 52.6 Å². The molecule has 0 bridgehead atoms. The predicted octanol–water partition coefficient (Wildman–Crippen LogP) is 4.69. The molecule has 4 rings (SSSR count). The molecule has 0 amide bonds. The summed E-state index contributed by atoms with van der Waals surface area (Å²) in [5.74, 6) is 0.856. The van der Waals surface area contributed by atoms with E-state index in [2.05, 4.69) is 0 Å². The third-order valence-corrected chi connectivity index (χ3v) is 4.88. The summed E-state index contributed by atoms with van der Waals surface area (Å²) in [6, 6.07) is 21.3. The van der Waals surface area contributed by atoms with E-state index < -0.39 is 0 Å². The van der Waals surface area contributed by atoms with Crippen molar-refractivity contribution in [3.63, 3.8) is 0 Å². The number of benzene rings is 3. The van der Waals surface area contributed by atoms with Gasteiger partial charge in [0.15, 0.2) is 11.6 Å². The number of carbonyl (C=O) groups is 2. The van der Waals surface area contributed by atoms with Crippen LogP contribution in [0.3, 0.4) is 0 Å². The first kappa shape index (κ1) is 17.7. The largest absolute Gasteiger partial charge is 0.497 e. The lowest BCUT2D eigenvalue weighted by Gasteiger charge is -2.23. The molecule has 0 saturated heterocycles. The molecule has 0 spiro atoms. The van der Waals surface area contributed by atoms with E-state index in [0.29, 0.717) is 44.9 Å². The van der Waals surface area contributed by atoms with E-state index in [-0.39, 0.29) is 11.6 Å². The first-order chi connectivity index (χ1) is 13.7. The fourth-order valence-electron chi connectivity index (χ4n) is 3.52. The van der Waals surface area contributed by atoms with E-state index >= 15 is 0 Å². The Morgan fingerprint density at radius 2 is 1.11 bits per heavy atom. The molecule has 3 aromatic carbocycles. The highest BCUT2D eigenvalue weighted by atomic mass is 16.5. The SMILES string of the molecule is COc1ccc(C2=C(c3ccccc3OC)C(=O)c3ccccc3C2=O)cc1. The maximum Gasteiger partial charge on any atom is 0.195 e. The van der Waals surface area contributed by atoms with Crippen molar-refractivity contribution in [2.75, 3.05) is 14.2 Å². The molecule has 0 fully saturated rings. The van der Waals surface area contributed by atoms with Crippen LogP contribution in [0.1, 0.15) is 31.8 Å². The van der Waals surface area contributed by atoms with Crippen LogP contribution in [0.5, 0.6) is 11.5 Å². The number of para-hydroxylation sites is 1. The van der Waals surface area contributed by atoms with Crippen LogP contribution in [-0.4, -0.2) is 25.8 Å².